The van der Waals surface area contributed by atoms with Crippen LogP contribution in [0.25, 0.3) is 6.08 Å². The van der Waals surface area contributed by atoms with Crippen molar-refractivity contribution in [3.8, 4) is 5.75 Å². The van der Waals surface area contributed by atoms with Crippen molar-refractivity contribution in [3.05, 3.63) is 67.5 Å². The molecule has 1 aliphatic rings. The lowest BCUT2D eigenvalue weighted by atomic mass is 10.1. The molecule has 9 heteroatoms. The number of aromatic carboxylic acids is 1. The molecular weight excluding hydrogens is 480 g/mol. The second-order valence-corrected chi connectivity index (χ2v) is 8.36. The zero-order valence-corrected chi connectivity index (χ0v) is 18.6. The first kappa shape index (κ1) is 21.4. The summed E-state index contributed by atoms with van der Waals surface area (Å²) in [5.41, 5.74) is 1.78. The van der Waals surface area contributed by atoms with E-state index in [2.05, 4.69) is 20.9 Å². The molecule has 0 saturated carbocycles. The molecule has 2 aromatic carbocycles. The first-order valence-electron chi connectivity index (χ1n) is 8.38. The van der Waals surface area contributed by atoms with Crippen LogP contribution in [0.2, 0.25) is 5.02 Å². The number of carbonyl (C=O) groups excluding carboxylic acids is 1. The van der Waals surface area contributed by atoms with Gasteiger partial charge in [0.1, 0.15) is 6.61 Å². The summed E-state index contributed by atoms with van der Waals surface area (Å²) in [4.78, 5) is 29.4. The fourth-order valence-corrected chi connectivity index (χ4v) is 4.52. The Bertz CT molecular complexity index is 1010. The van der Waals surface area contributed by atoms with Crippen molar-refractivity contribution in [2.45, 2.75) is 6.61 Å². The SMILES string of the molecule is CN=C1S/C(=C\c2cc(Cl)c(OCc3ccc(C(=O)O)cc3)c(Br)c2)C(=O)N1C. The quantitative estimate of drug-likeness (QED) is 0.596. The molecule has 3 rings (SSSR count). The van der Waals surface area contributed by atoms with Gasteiger partial charge in [-0.25, -0.2) is 4.79 Å². The molecular formula is C20H16BrClN2O4S. The Hall–Kier alpha value is -2.29. The summed E-state index contributed by atoms with van der Waals surface area (Å²) >= 11 is 11.2. The third kappa shape index (κ3) is 4.83. The molecule has 1 N–H and O–H groups in total. The molecule has 0 unspecified atom stereocenters. The standard InChI is InChI=1S/C20H16BrClN2O4S/c1-23-20-24(2)18(25)16(29-20)9-12-7-14(21)17(15(22)8-12)28-10-11-3-5-13(6-4-11)19(26)27/h3-9H,10H2,1-2H3,(H,26,27)/b16-9-,23-20?. The van der Waals surface area contributed by atoms with Crippen molar-refractivity contribution in [2.24, 2.45) is 4.99 Å². The molecule has 1 saturated heterocycles. The van der Waals surface area contributed by atoms with Gasteiger partial charge in [0.05, 0.1) is 20.0 Å². The van der Waals surface area contributed by atoms with E-state index in [-0.39, 0.29) is 18.1 Å². The van der Waals surface area contributed by atoms with E-state index in [0.717, 1.165) is 11.1 Å². The molecule has 0 aliphatic carbocycles. The monoisotopic (exact) mass is 494 g/mol. The lowest BCUT2D eigenvalue weighted by molar-refractivity contribution is -0.121. The van der Waals surface area contributed by atoms with Gasteiger partial charge >= 0.3 is 5.97 Å². The maximum Gasteiger partial charge on any atom is 0.335 e. The Balaban J connectivity index is 1.77. The molecule has 0 aromatic heterocycles. The summed E-state index contributed by atoms with van der Waals surface area (Å²) in [5, 5.41) is 9.98. The van der Waals surface area contributed by atoms with Crippen molar-refractivity contribution in [2.75, 3.05) is 14.1 Å². The van der Waals surface area contributed by atoms with Gasteiger partial charge in [-0.2, -0.15) is 0 Å². The van der Waals surface area contributed by atoms with Crippen LogP contribution in [0.4, 0.5) is 0 Å². The molecule has 1 fully saturated rings. The summed E-state index contributed by atoms with van der Waals surface area (Å²) in [5.74, 6) is -0.627. The predicted molar refractivity (Wildman–Crippen MR) is 119 cm³/mol. The summed E-state index contributed by atoms with van der Waals surface area (Å²) in [7, 11) is 3.32. The minimum absolute atomic E-state index is 0.118. The van der Waals surface area contributed by atoms with Gasteiger partial charge in [0.25, 0.3) is 5.91 Å². The van der Waals surface area contributed by atoms with Crippen LogP contribution >= 0.6 is 39.3 Å². The highest BCUT2D eigenvalue weighted by Gasteiger charge is 2.29. The van der Waals surface area contributed by atoms with Gasteiger partial charge in [-0.05, 0) is 69.2 Å². The normalized spacial score (nSPS) is 16.7. The van der Waals surface area contributed by atoms with E-state index in [4.69, 9.17) is 21.4 Å². The molecule has 6 nitrogen and oxygen atoms in total. The Morgan fingerprint density at radius 3 is 2.59 bits per heavy atom. The van der Waals surface area contributed by atoms with E-state index in [1.54, 1.807) is 38.4 Å². The number of hydrogen-bond donors (Lipinski definition) is 1. The van der Waals surface area contributed by atoms with Gasteiger partial charge in [-0.3, -0.25) is 14.7 Å². The number of ether oxygens (including phenoxy) is 1. The number of nitrogens with zero attached hydrogens (tertiary/aromatic N) is 2. The summed E-state index contributed by atoms with van der Waals surface area (Å²) in [6, 6.07) is 9.96. The Morgan fingerprint density at radius 2 is 2.03 bits per heavy atom. The lowest BCUT2D eigenvalue weighted by Gasteiger charge is -2.11. The van der Waals surface area contributed by atoms with Gasteiger partial charge in [0.2, 0.25) is 0 Å². The van der Waals surface area contributed by atoms with Gasteiger partial charge < -0.3 is 9.84 Å². The fraction of sp³-hybridized carbons (Fsp3) is 0.150. The molecule has 2 aromatic rings. The number of carboxylic acid groups (broad SMARTS) is 1. The third-order valence-corrected chi connectivity index (χ3v) is 6.12. The van der Waals surface area contributed by atoms with E-state index in [1.165, 1.54) is 28.8 Å². The van der Waals surface area contributed by atoms with Crippen LogP contribution in [0.15, 0.2) is 50.8 Å². The number of thioether (sulfide) groups is 1. The maximum atomic E-state index is 12.3. The Labute approximate surface area is 185 Å². The van der Waals surface area contributed by atoms with Crippen LogP contribution in [0.1, 0.15) is 21.5 Å². The zero-order valence-electron chi connectivity index (χ0n) is 15.5. The molecule has 0 bridgehead atoms. The number of aliphatic imine (C=N–C) groups is 1. The smallest absolute Gasteiger partial charge is 0.335 e. The van der Waals surface area contributed by atoms with Gasteiger partial charge in [-0.1, -0.05) is 23.7 Å². The van der Waals surface area contributed by atoms with Crippen LogP contribution in [0.5, 0.6) is 5.75 Å². The third-order valence-electron chi connectivity index (χ3n) is 4.10. The van der Waals surface area contributed by atoms with Crippen LogP contribution in [-0.4, -0.2) is 41.1 Å². The van der Waals surface area contributed by atoms with E-state index in [9.17, 15) is 9.59 Å². The average Bonchev–Trinajstić information content (AvgIpc) is 2.95. The van der Waals surface area contributed by atoms with E-state index in [1.807, 2.05) is 6.07 Å². The minimum atomic E-state index is -0.976. The second kappa shape index (κ2) is 9.02. The molecule has 0 radical (unpaired) electrons. The van der Waals surface area contributed by atoms with E-state index >= 15 is 0 Å². The van der Waals surface area contributed by atoms with Crippen molar-refractivity contribution < 1.29 is 19.4 Å². The highest BCUT2D eigenvalue weighted by molar-refractivity contribution is 9.10. The summed E-state index contributed by atoms with van der Waals surface area (Å²) < 4.78 is 6.45. The van der Waals surface area contributed by atoms with Crippen molar-refractivity contribution in [1.82, 2.24) is 4.90 Å². The molecule has 150 valence electrons. The molecule has 0 atom stereocenters. The molecule has 1 heterocycles. The number of carbonyl (C=O) groups is 2. The maximum absolute atomic E-state index is 12.3. The van der Waals surface area contributed by atoms with Crippen LogP contribution in [-0.2, 0) is 11.4 Å². The minimum Gasteiger partial charge on any atom is -0.486 e. The van der Waals surface area contributed by atoms with Crippen molar-refractivity contribution in [3.63, 3.8) is 0 Å². The van der Waals surface area contributed by atoms with Crippen molar-refractivity contribution >= 4 is 62.4 Å². The first-order chi connectivity index (χ1) is 13.8. The zero-order chi connectivity index (χ0) is 21.1. The van der Waals surface area contributed by atoms with Gasteiger partial charge in [-0.15, -0.1) is 0 Å². The average molecular weight is 496 g/mol. The number of likely N-dealkylation sites (N-methyl/N-ethyl adjacent to an activating group) is 1. The summed E-state index contributed by atoms with van der Waals surface area (Å²) in [6.07, 6.45) is 1.76. The molecule has 0 spiro atoms. The van der Waals surface area contributed by atoms with E-state index < -0.39 is 5.97 Å². The largest absolute Gasteiger partial charge is 0.486 e. The van der Waals surface area contributed by atoms with Crippen LogP contribution in [0, 0.1) is 0 Å². The molecule has 29 heavy (non-hydrogen) atoms. The topological polar surface area (TPSA) is 79.2 Å². The van der Waals surface area contributed by atoms with Crippen molar-refractivity contribution in [1.29, 1.82) is 0 Å². The summed E-state index contributed by atoms with van der Waals surface area (Å²) in [6.45, 7) is 0.230. The number of hydrogen-bond acceptors (Lipinski definition) is 5. The number of carboxylic acids is 1. The number of benzene rings is 2. The fourth-order valence-electron chi connectivity index (χ4n) is 2.60. The van der Waals surface area contributed by atoms with E-state index in [0.29, 0.717) is 25.3 Å². The van der Waals surface area contributed by atoms with Crippen LogP contribution < -0.4 is 4.74 Å². The number of amides is 1. The predicted octanol–water partition coefficient (Wildman–Crippen LogP) is 4.91. The second-order valence-electron chi connectivity index (χ2n) is 6.09. The van der Waals surface area contributed by atoms with Crippen LogP contribution in [0.3, 0.4) is 0 Å². The Kier molecular flexibility index (Phi) is 6.66. The first-order valence-corrected chi connectivity index (χ1v) is 10.4. The lowest BCUT2D eigenvalue weighted by Crippen LogP contribution is -2.23. The molecule has 1 aliphatic heterocycles. The van der Waals surface area contributed by atoms with Gasteiger partial charge in [0.15, 0.2) is 10.9 Å². The highest BCUT2D eigenvalue weighted by Crippen LogP contribution is 2.37. The number of halogens is 2. The van der Waals surface area contributed by atoms with Gasteiger partial charge in [0, 0.05) is 14.1 Å². The Morgan fingerprint density at radius 1 is 1.34 bits per heavy atom. The molecule has 1 amide bonds. The number of rotatable bonds is 5. The highest BCUT2D eigenvalue weighted by atomic mass is 79.9. The number of amidine groups is 1.